The van der Waals surface area contributed by atoms with Crippen LogP contribution in [-0.2, 0) is 0 Å². The Labute approximate surface area is 96.8 Å². The third-order valence-corrected chi connectivity index (χ3v) is 2.46. The lowest BCUT2D eigenvalue weighted by atomic mass is 10.1. The van der Waals surface area contributed by atoms with Crippen LogP contribution < -0.4 is 10.1 Å². The number of ether oxygens (including phenoxy) is 1. The van der Waals surface area contributed by atoms with Crippen LogP contribution in [-0.4, -0.2) is 13.7 Å². The van der Waals surface area contributed by atoms with Crippen LogP contribution in [0.4, 0.5) is 4.39 Å². The molecule has 0 heterocycles. The van der Waals surface area contributed by atoms with Gasteiger partial charge in [-0.2, -0.15) is 0 Å². The van der Waals surface area contributed by atoms with Crippen molar-refractivity contribution in [3.8, 4) is 5.75 Å². The quantitative estimate of drug-likeness (QED) is 0.831. The van der Waals surface area contributed by atoms with Crippen molar-refractivity contribution < 1.29 is 9.13 Å². The minimum atomic E-state index is -0.291. The van der Waals surface area contributed by atoms with E-state index in [1.165, 1.54) is 6.07 Å². The molecule has 0 radical (unpaired) electrons. The minimum Gasteiger partial charge on any atom is -0.490 e. The smallest absolute Gasteiger partial charge is 0.165 e. The van der Waals surface area contributed by atoms with Crippen molar-refractivity contribution in [3.05, 3.63) is 29.6 Å². The van der Waals surface area contributed by atoms with Crippen LogP contribution in [0.5, 0.6) is 5.75 Å². The van der Waals surface area contributed by atoms with Crippen LogP contribution in [0.2, 0.25) is 0 Å². The normalized spacial score (nSPS) is 12.9. The maximum Gasteiger partial charge on any atom is 0.165 e. The van der Waals surface area contributed by atoms with E-state index in [9.17, 15) is 4.39 Å². The zero-order valence-corrected chi connectivity index (χ0v) is 10.4. The van der Waals surface area contributed by atoms with E-state index < -0.39 is 0 Å². The second kappa shape index (κ2) is 5.85. The van der Waals surface area contributed by atoms with Gasteiger partial charge in [-0.05, 0) is 26.0 Å². The fraction of sp³-hybridized carbons (Fsp3) is 0.538. The summed E-state index contributed by atoms with van der Waals surface area (Å²) >= 11 is 0. The minimum absolute atomic E-state index is 0.0814. The molecule has 1 aromatic carbocycles. The Morgan fingerprint density at radius 3 is 2.56 bits per heavy atom. The highest BCUT2D eigenvalue weighted by atomic mass is 19.1. The van der Waals surface area contributed by atoms with Crippen LogP contribution in [0, 0.1) is 11.7 Å². The van der Waals surface area contributed by atoms with Gasteiger partial charge in [-0.25, -0.2) is 4.39 Å². The van der Waals surface area contributed by atoms with Gasteiger partial charge in [-0.15, -0.1) is 0 Å². The van der Waals surface area contributed by atoms with Crippen molar-refractivity contribution in [2.24, 2.45) is 5.92 Å². The van der Waals surface area contributed by atoms with Gasteiger partial charge >= 0.3 is 0 Å². The fourth-order valence-corrected chi connectivity index (χ4v) is 1.42. The van der Waals surface area contributed by atoms with E-state index in [1.807, 2.05) is 33.9 Å². The number of hydrogen-bond acceptors (Lipinski definition) is 2. The summed E-state index contributed by atoms with van der Waals surface area (Å²) in [7, 11) is 1.85. The second-order valence-electron chi connectivity index (χ2n) is 4.37. The highest BCUT2D eigenvalue weighted by Gasteiger charge is 2.14. The van der Waals surface area contributed by atoms with Crippen LogP contribution in [0.15, 0.2) is 18.2 Å². The number of rotatable bonds is 5. The predicted octanol–water partition coefficient (Wildman–Crippen LogP) is 3.14. The third kappa shape index (κ3) is 3.20. The Bertz CT molecular complexity index is 339. The maximum absolute atomic E-state index is 13.6. The molecule has 0 aromatic heterocycles. The molecule has 0 aliphatic carbocycles. The van der Waals surface area contributed by atoms with Gasteiger partial charge < -0.3 is 10.1 Å². The summed E-state index contributed by atoms with van der Waals surface area (Å²) in [6, 6.07) is 5.11. The van der Waals surface area contributed by atoms with Crippen molar-refractivity contribution in [2.45, 2.75) is 26.8 Å². The summed E-state index contributed by atoms with van der Waals surface area (Å²) in [6.45, 7) is 6.60. The van der Waals surface area contributed by atoms with Gasteiger partial charge in [0.25, 0.3) is 0 Å². The first-order chi connectivity index (χ1) is 7.56. The number of halogens is 1. The Hall–Kier alpha value is -1.09. The van der Waals surface area contributed by atoms with E-state index in [4.69, 9.17) is 4.74 Å². The highest BCUT2D eigenvalue weighted by Crippen LogP contribution is 2.28. The molecule has 16 heavy (non-hydrogen) atoms. The van der Waals surface area contributed by atoms with E-state index in [0.717, 1.165) is 5.56 Å². The van der Waals surface area contributed by atoms with Gasteiger partial charge in [0.05, 0.1) is 6.61 Å². The van der Waals surface area contributed by atoms with Crippen molar-refractivity contribution in [2.75, 3.05) is 13.7 Å². The van der Waals surface area contributed by atoms with Crippen molar-refractivity contribution in [3.63, 3.8) is 0 Å². The van der Waals surface area contributed by atoms with Crippen molar-refractivity contribution >= 4 is 0 Å². The summed E-state index contributed by atoms with van der Waals surface area (Å²) in [5.74, 6) is 0.468. The van der Waals surface area contributed by atoms with E-state index in [1.54, 1.807) is 6.07 Å². The lowest BCUT2D eigenvalue weighted by molar-refractivity contribution is 0.255. The number of benzene rings is 1. The van der Waals surface area contributed by atoms with E-state index in [-0.39, 0.29) is 11.9 Å². The molecular formula is C13H20FNO. The molecule has 0 saturated heterocycles. The SMILES string of the molecule is CNC(C)c1cccc(F)c1OCC(C)C. The molecule has 1 rings (SSSR count). The van der Waals surface area contributed by atoms with Crippen molar-refractivity contribution in [1.29, 1.82) is 0 Å². The molecule has 0 amide bonds. The molecule has 0 aliphatic rings. The zero-order chi connectivity index (χ0) is 12.1. The predicted molar refractivity (Wildman–Crippen MR) is 64.2 cm³/mol. The fourth-order valence-electron chi connectivity index (χ4n) is 1.42. The summed E-state index contributed by atoms with van der Waals surface area (Å²) in [5.41, 5.74) is 0.864. The van der Waals surface area contributed by atoms with Crippen LogP contribution in [0.25, 0.3) is 0 Å². The highest BCUT2D eigenvalue weighted by molar-refractivity contribution is 5.37. The first kappa shape index (κ1) is 13.0. The van der Waals surface area contributed by atoms with E-state index >= 15 is 0 Å². The molecule has 0 fully saturated rings. The zero-order valence-electron chi connectivity index (χ0n) is 10.4. The molecule has 90 valence electrons. The van der Waals surface area contributed by atoms with Crippen LogP contribution in [0.3, 0.4) is 0 Å². The Morgan fingerprint density at radius 2 is 2.00 bits per heavy atom. The van der Waals surface area contributed by atoms with Gasteiger partial charge in [-0.3, -0.25) is 0 Å². The van der Waals surface area contributed by atoms with Crippen LogP contribution in [0.1, 0.15) is 32.4 Å². The van der Waals surface area contributed by atoms with Crippen molar-refractivity contribution in [1.82, 2.24) is 5.32 Å². The Kier molecular flexibility index (Phi) is 4.74. The molecule has 0 spiro atoms. The van der Waals surface area contributed by atoms with Gasteiger partial charge in [-0.1, -0.05) is 26.0 Å². The molecule has 1 atom stereocenters. The Morgan fingerprint density at radius 1 is 1.31 bits per heavy atom. The molecule has 0 aliphatic heterocycles. The first-order valence-corrected chi connectivity index (χ1v) is 5.64. The summed E-state index contributed by atoms with van der Waals surface area (Å²) in [6.07, 6.45) is 0. The average molecular weight is 225 g/mol. The molecule has 1 aromatic rings. The monoisotopic (exact) mass is 225 g/mol. The number of nitrogens with one attached hydrogen (secondary N) is 1. The van der Waals surface area contributed by atoms with E-state index in [0.29, 0.717) is 18.3 Å². The van der Waals surface area contributed by atoms with Gasteiger partial charge in [0.1, 0.15) is 0 Å². The molecule has 1 N–H and O–H groups in total. The standard InChI is InChI=1S/C13H20FNO/c1-9(2)8-16-13-11(10(3)15-4)6-5-7-12(13)14/h5-7,9-10,15H,8H2,1-4H3. The summed E-state index contributed by atoms with van der Waals surface area (Å²) in [4.78, 5) is 0. The first-order valence-electron chi connectivity index (χ1n) is 5.64. The average Bonchev–Trinajstić information content (AvgIpc) is 2.25. The van der Waals surface area contributed by atoms with E-state index in [2.05, 4.69) is 5.32 Å². The Balaban J connectivity index is 2.94. The summed E-state index contributed by atoms with van der Waals surface area (Å²) in [5, 5.41) is 3.09. The lowest BCUT2D eigenvalue weighted by Gasteiger charge is -2.18. The molecule has 2 nitrogen and oxygen atoms in total. The molecule has 1 unspecified atom stereocenters. The maximum atomic E-state index is 13.6. The van der Waals surface area contributed by atoms with Gasteiger partial charge in [0, 0.05) is 11.6 Å². The van der Waals surface area contributed by atoms with Gasteiger partial charge in [0.15, 0.2) is 11.6 Å². The third-order valence-electron chi connectivity index (χ3n) is 2.46. The summed E-state index contributed by atoms with van der Waals surface area (Å²) < 4.78 is 19.2. The molecular weight excluding hydrogens is 205 g/mol. The van der Waals surface area contributed by atoms with Gasteiger partial charge in [0.2, 0.25) is 0 Å². The largest absolute Gasteiger partial charge is 0.490 e. The second-order valence-corrected chi connectivity index (χ2v) is 4.37. The molecule has 0 bridgehead atoms. The van der Waals surface area contributed by atoms with Crippen LogP contribution >= 0.6 is 0 Å². The number of hydrogen-bond donors (Lipinski definition) is 1. The molecule has 0 saturated carbocycles. The lowest BCUT2D eigenvalue weighted by Crippen LogP contribution is -2.15. The topological polar surface area (TPSA) is 21.3 Å². The number of para-hydroxylation sites is 1. The molecule has 3 heteroatoms.